The van der Waals surface area contributed by atoms with Crippen LogP contribution in [0.4, 0.5) is 0 Å². The number of aliphatic hydroxyl groups is 1. The monoisotopic (exact) mass is 211 g/mol. The van der Waals surface area contributed by atoms with Crippen LogP contribution in [0.3, 0.4) is 0 Å². The Kier molecular flexibility index (Phi) is 3.06. The Morgan fingerprint density at radius 3 is 3.14 bits per heavy atom. The number of hydrogen-bond acceptors (Lipinski definition) is 2. The molecule has 0 saturated carbocycles. The van der Waals surface area contributed by atoms with Crippen LogP contribution >= 0.6 is 11.6 Å². The summed E-state index contributed by atoms with van der Waals surface area (Å²) in [5, 5.41) is 13.1. The van der Waals surface area contributed by atoms with E-state index >= 15 is 0 Å². The molecule has 0 saturated heterocycles. The molecule has 0 aliphatic carbocycles. The van der Waals surface area contributed by atoms with E-state index in [1.54, 1.807) is 0 Å². The van der Waals surface area contributed by atoms with Crippen LogP contribution in [-0.4, -0.2) is 18.3 Å². The molecule has 76 valence electrons. The van der Waals surface area contributed by atoms with Crippen molar-refractivity contribution in [3.8, 4) is 0 Å². The molecule has 0 aromatic heterocycles. The van der Waals surface area contributed by atoms with Gasteiger partial charge in [-0.2, -0.15) is 0 Å². The molecule has 0 amide bonds. The van der Waals surface area contributed by atoms with Crippen molar-refractivity contribution in [1.29, 1.82) is 0 Å². The summed E-state index contributed by atoms with van der Waals surface area (Å²) >= 11 is 6.11. The fourth-order valence-corrected chi connectivity index (χ4v) is 2.29. The van der Waals surface area contributed by atoms with E-state index in [9.17, 15) is 0 Å². The van der Waals surface area contributed by atoms with Gasteiger partial charge in [-0.25, -0.2) is 0 Å². The molecule has 1 heterocycles. The molecule has 1 aromatic carbocycles. The normalized spacial score (nSPS) is 20.6. The van der Waals surface area contributed by atoms with Gasteiger partial charge in [0.2, 0.25) is 0 Å². The number of halogens is 1. The average Bonchev–Trinajstić information content (AvgIpc) is 2.20. The molecule has 0 unspecified atom stereocenters. The van der Waals surface area contributed by atoms with Crippen molar-refractivity contribution >= 4 is 11.6 Å². The Hall–Kier alpha value is -0.570. The minimum atomic E-state index is 0.234. The highest BCUT2D eigenvalue weighted by Crippen LogP contribution is 2.30. The zero-order valence-corrected chi connectivity index (χ0v) is 8.72. The molecule has 1 atom stereocenters. The fraction of sp³-hybridized carbons (Fsp3) is 0.455. The lowest BCUT2D eigenvalue weighted by Gasteiger charge is -2.26. The minimum Gasteiger partial charge on any atom is -0.396 e. The van der Waals surface area contributed by atoms with E-state index in [0.717, 1.165) is 24.5 Å². The number of hydrogen-bond donors (Lipinski definition) is 2. The quantitative estimate of drug-likeness (QED) is 0.784. The van der Waals surface area contributed by atoms with Gasteiger partial charge in [0.15, 0.2) is 0 Å². The van der Waals surface area contributed by atoms with E-state index < -0.39 is 0 Å². The molecule has 1 aliphatic rings. The van der Waals surface area contributed by atoms with Gasteiger partial charge in [-0.05, 0) is 29.5 Å². The van der Waals surface area contributed by atoms with Crippen molar-refractivity contribution in [3.05, 3.63) is 34.3 Å². The summed E-state index contributed by atoms with van der Waals surface area (Å²) in [5.74, 6) is 0.405. The van der Waals surface area contributed by atoms with Gasteiger partial charge in [-0.1, -0.05) is 23.7 Å². The van der Waals surface area contributed by atoms with E-state index in [1.165, 1.54) is 11.1 Å². The summed E-state index contributed by atoms with van der Waals surface area (Å²) in [6.45, 7) is 2.02. The fourth-order valence-electron chi connectivity index (χ4n) is 2.04. The number of benzene rings is 1. The predicted molar refractivity (Wildman–Crippen MR) is 57.6 cm³/mol. The molecule has 1 aliphatic heterocycles. The highest BCUT2D eigenvalue weighted by Gasteiger charge is 2.20. The van der Waals surface area contributed by atoms with Gasteiger partial charge in [0.1, 0.15) is 0 Å². The summed E-state index contributed by atoms with van der Waals surface area (Å²) in [4.78, 5) is 0. The number of rotatable bonds is 2. The van der Waals surface area contributed by atoms with Crippen LogP contribution in [0.5, 0.6) is 0 Å². The lowest BCUT2D eigenvalue weighted by atomic mass is 9.89. The average molecular weight is 212 g/mol. The molecule has 2 N–H and O–H groups in total. The van der Waals surface area contributed by atoms with Gasteiger partial charge in [0.05, 0.1) is 0 Å². The molecule has 3 heteroatoms. The molecular weight excluding hydrogens is 198 g/mol. The second-order valence-corrected chi connectivity index (χ2v) is 4.05. The van der Waals surface area contributed by atoms with Gasteiger partial charge in [-0.15, -0.1) is 0 Å². The molecule has 1 aromatic rings. The summed E-state index contributed by atoms with van der Waals surface area (Å²) in [6, 6.07) is 6.02. The summed E-state index contributed by atoms with van der Waals surface area (Å²) < 4.78 is 0. The van der Waals surface area contributed by atoms with Crippen molar-refractivity contribution in [1.82, 2.24) is 5.32 Å². The third kappa shape index (κ3) is 1.78. The lowest BCUT2D eigenvalue weighted by Crippen LogP contribution is -2.28. The van der Waals surface area contributed by atoms with Gasteiger partial charge in [0.25, 0.3) is 0 Å². The van der Waals surface area contributed by atoms with E-state index in [0.29, 0.717) is 5.92 Å². The van der Waals surface area contributed by atoms with Crippen LogP contribution in [0.15, 0.2) is 18.2 Å². The summed E-state index contributed by atoms with van der Waals surface area (Å²) in [6.07, 6.45) is 0.806. The number of fused-ring (bicyclic) bond motifs is 1. The molecule has 0 bridgehead atoms. The van der Waals surface area contributed by atoms with Crippen molar-refractivity contribution in [3.63, 3.8) is 0 Å². The second-order valence-electron chi connectivity index (χ2n) is 3.65. The SMILES string of the molecule is OCC[C@@H]1CNCc2c(Cl)cccc21. The molecule has 2 rings (SSSR count). The first kappa shape index (κ1) is 9.97. The maximum absolute atomic E-state index is 8.95. The zero-order chi connectivity index (χ0) is 9.97. The van der Waals surface area contributed by atoms with Crippen LogP contribution in [0.2, 0.25) is 5.02 Å². The van der Waals surface area contributed by atoms with Gasteiger partial charge < -0.3 is 10.4 Å². The Morgan fingerprint density at radius 1 is 1.50 bits per heavy atom. The van der Waals surface area contributed by atoms with Gasteiger partial charge in [-0.3, -0.25) is 0 Å². The van der Waals surface area contributed by atoms with Crippen LogP contribution in [0.1, 0.15) is 23.5 Å². The van der Waals surface area contributed by atoms with Gasteiger partial charge >= 0.3 is 0 Å². The van der Waals surface area contributed by atoms with Crippen molar-refractivity contribution in [2.45, 2.75) is 18.9 Å². The summed E-state index contributed by atoms with van der Waals surface area (Å²) in [7, 11) is 0. The maximum Gasteiger partial charge on any atom is 0.0453 e. The van der Waals surface area contributed by atoms with Crippen LogP contribution in [-0.2, 0) is 6.54 Å². The zero-order valence-electron chi connectivity index (χ0n) is 7.96. The second kappa shape index (κ2) is 4.30. The molecular formula is C11H14ClNO. The van der Waals surface area contributed by atoms with Crippen LogP contribution in [0.25, 0.3) is 0 Å². The Balaban J connectivity index is 2.34. The van der Waals surface area contributed by atoms with Crippen LogP contribution < -0.4 is 5.32 Å². The van der Waals surface area contributed by atoms with E-state index in [1.807, 2.05) is 12.1 Å². The first-order valence-electron chi connectivity index (χ1n) is 4.92. The molecule has 0 fully saturated rings. The highest BCUT2D eigenvalue weighted by atomic mass is 35.5. The first-order chi connectivity index (χ1) is 6.83. The molecule has 2 nitrogen and oxygen atoms in total. The number of nitrogens with one attached hydrogen (secondary N) is 1. The smallest absolute Gasteiger partial charge is 0.0453 e. The van der Waals surface area contributed by atoms with Crippen LogP contribution in [0, 0.1) is 0 Å². The molecule has 14 heavy (non-hydrogen) atoms. The standard InChI is InChI=1S/C11H14ClNO/c12-11-3-1-2-9-8(4-5-14)6-13-7-10(9)11/h1-3,8,13-14H,4-7H2/t8-/m1/s1. The summed E-state index contributed by atoms with van der Waals surface area (Å²) in [5.41, 5.74) is 2.49. The topological polar surface area (TPSA) is 32.3 Å². The van der Waals surface area contributed by atoms with Crippen molar-refractivity contribution < 1.29 is 5.11 Å². The minimum absolute atomic E-state index is 0.234. The third-order valence-electron chi connectivity index (χ3n) is 2.76. The van der Waals surface area contributed by atoms with Gasteiger partial charge in [0, 0.05) is 24.7 Å². The molecule has 0 spiro atoms. The Bertz CT molecular complexity index is 327. The highest BCUT2D eigenvalue weighted by molar-refractivity contribution is 6.31. The van der Waals surface area contributed by atoms with E-state index in [-0.39, 0.29) is 6.61 Å². The largest absolute Gasteiger partial charge is 0.396 e. The number of aliphatic hydroxyl groups excluding tert-OH is 1. The molecule has 0 radical (unpaired) electrons. The lowest BCUT2D eigenvalue weighted by molar-refractivity contribution is 0.271. The van der Waals surface area contributed by atoms with E-state index in [4.69, 9.17) is 16.7 Å². The Morgan fingerprint density at radius 2 is 2.36 bits per heavy atom. The first-order valence-corrected chi connectivity index (χ1v) is 5.29. The predicted octanol–water partition coefficient (Wildman–Crippen LogP) is 1.91. The Labute approximate surface area is 88.9 Å². The van der Waals surface area contributed by atoms with E-state index in [2.05, 4.69) is 11.4 Å². The maximum atomic E-state index is 8.95. The third-order valence-corrected chi connectivity index (χ3v) is 3.12. The van der Waals surface area contributed by atoms with Crippen molar-refractivity contribution in [2.75, 3.05) is 13.2 Å². The van der Waals surface area contributed by atoms with Crippen molar-refractivity contribution in [2.24, 2.45) is 0 Å².